The molecule has 1 aromatic heterocycles. The molecule has 8 heteroatoms. The van der Waals surface area contributed by atoms with E-state index in [1.165, 1.54) is 0 Å². The summed E-state index contributed by atoms with van der Waals surface area (Å²) in [7, 11) is 5.28. The van der Waals surface area contributed by atoms with Crippen molar-refractivity contribution in [3.63, 3.8) is 0 Å². The first-order valence-corrected chi connectivity index (χ1v) is 10.3. The number of fused-ring (bicyclic) bond motifs is 1. The van der Waals surface area contributed by atoms with Gasteiger partial charge in [-0.3, -0.25) is 0 Å². The fraction of sp³-hybridized carbons (Fsp3) is 0.238. The molecule has 0 fully saturated rings. The van der Waals surface area contributed by atoms with Gasteiger partial charge in [-0.25, -0.2) is 5.01 Å². The predicted molar refractivity (Wildman–Crippen MR) is 123 cm³/mol. The summed E-state index contributed by atoms with van der Waals surface area (Å²) in [6.07, 6.45) is 2.80. The lowest BCUT2D eigenvalue weighted by Crippen LogP contribution is -2.31. The van der Waals surface area contributed by atoms with E-state index in [1.54, 1.807) is 19.2 Å². The number of halogens is 1. The maximum atomic E-state index is 6.04. The first-order valence-electron chi connectivity index (χ1n) is 9.06. The van der Waals surface area contributed by atoms with Crippen LogP contribution < -0.4 is 15.2 Å². The molecule has 2 aromatic carbocycles. The maximum absolute atomic E-state index is 6.04. The summed E-state index contributed by atoms with van der Waals surface area (Å²) in [5, 5.41) is 7.88. The Bertz CT molecular complexity index is 1140. The van der Waals surface area contributed by atoms with Crippen LogP contribution in [0.1, 0.15) is 23.6 Å². The van der Waals surface area contributed by atoms with Gasteiger partial charge >= 0.3 is 0 Å². The number of nitrogens with two attached hydrogens (primary N) is 1. The maximum Gasteiger partial charge on any atom is 0.187 e. The molecule has 0 radical (unpaired) electrons. The molecule has 150 valence electrons. The number of aromatic nitrogens is 1. The van der Waals surface area contributed by atoms with Crippen molar-refractivity contribution in [2.75, 3.05) is 14.2 Å². The summed E-state index contributed by atoms with van der Waals surface area (Å²) in [6.45, 7) is 0. The van der Waals surface area contributed by atoms with Gasteiger partial charge in [0.05, 0.1) is 26.0 Å². The minimum Gasteiger partial charge on any atom is -0.493 e. The van der Waals surface area contributed by atoms with Gasteiger partial charge in [-0.1, -0.05) is 15.9 Å². The number of nitrogens with zero attached hydrogens (tertiary/aromatic N) is 3. The predicted octanol–water partition coefficient (Wildman–Crippen LogP) is 4.35. The molecule has 0 aliphatic carbocycles. The first kappa shape index (κ1) is 19.7. The Morgan fingerprint density at radius 2 is 1.93 bits per heavy atom. The topological polar surface area (TPSA) is 65.0 Å². The molecular weight excluding hydrogens is 452 g/mol. The van der Waals surface area contributed by atoms with Crippen molar-refractivity contribution in [2.24, 2.45) is 17.9 Å². The largest absolute Gasteiger partial charge is 0.493 e. The summed E-state index contributed by atoms with van der Waals surface area (Å²) >= 11 is 8.89. The van der Waals surface area contributed by atoms with E-state index in [0.29, 0.717) is 17.9 Å². The number of ether oxygens (including phenoxy) is 2. The highest BCUT2D eigenvalue weighted by Crippen LogP contribution is 2.39. The molecule has 0 saturated heterocycles. The molecule has 3 aromatic rings. The molecule has 0 bridgehead atoms. The first-order chi connectivity index (χ1) is 13.9. The van der Waals surface area contributed by atoms with Crippen LogP contribution in [0.5, 0.6) is 11.5 Å². The van der Waals surface area contributed by atoms with E-state index < -0.39 is 0 Å². The second-order valence-corrected chi connectivity index (χ2v) is 8.21. The number of benzene rings is 2. The van der Waals surface area contributed by atoms with Crippen molar-refractivity contribution in [3.05, 3.63) is 58.2 Å². The molecule has 0 spiro atoms. The Balaban J connectivity index is 1.77. The number of hydrogen-bond donors (Lipinski definition) is 1. The molecule has 2 N–H and O–H groups in total. The molecule has 29 heavy (non-hydrogen) atoms. The third-order valence-corrected chi connectivity index (χ3v) is 5.87. The van der Waals surface area contributed by atoms with Crippen molar-refractivity contribution in [3.8, 4) is 11.5 Å². The average Bonchev–Trinajstić information content (AvgIpc) is 3.29. The van der Waals surface area contributed by atoms with Gasteiger partial charge in [-0.15, -0.1) is 0 Å². The summed E-state index contributed by atoms with van der Waals surface area (Å²) < 4.78 is 13.9. The van der Waals surface area contributed by atoms with Gasteiger partial charge < -0.3 is 19.8 Å². The standard InChI is InChI=1S/C21H21BrN4O2S/c1-25-11-15(14-9-13(22)5-6-17(14)25)18-10-16(24-26(18)21(23)29)12-4-7-19(27-2)20(8-12)28-3/h4-9,11,18H,10H2,1-3H3,(H2,23,29). The molecule has 0 amide bonds. The van der Waals surface area contributed by atoms with Crippen LogP contribution in [-0.2, 0) is 7.05 Å². The Kier molecular flexibility index (Phi) is 5.23. The van der Waals surface area contributed by atoms with E-state index in [9.17, 15) is 0 Å². The zero-order valence-electron chi connectivity index (χ0n) is 16.3. The fourth-order valence-corrected chi connectivity index (χ4v) is 4.34. The number of hydrogen-bond acceptors (Lipinski definition) is 4. The lowest BCUT2D eigenvalue weighted by molar-refractivity contribution is 0.355. The number of rotatable bonds is 4. The summed E-state index contributed by atoms with van der Waals surface area (Å²) in [6, 6.07) is 12.0. The summed E-state index contributed by atoms with van der Waals surface area (Å²) in [4.78, 5) is 0. The monoisotopic (exact) mass is 472 g/mol. The van der Waals surface area contributed by atoms with Crippen LogP contribution in [0.4, 0.5) is 0 Å². The fourth-order valence-electron chi connectivity index (χ4n) is 3.81. The van der Waals surface area contributed by atoms with Gasteiger partial charge in [0.25, 0.3) is 0 Å². The minimum atomic E-state index is -0.0754. The third kappa shape index (κ3) is 3.47. The van der Waals surface area contributed by atoms with E-state index in [4.69, 9.17) is 32.5 Å². The van der Waals surface area contributed by atoms with Gasteiger partial charge in [-0.2, -0.15) is 5.10 Å². The molecule has 1 atom stereocenters. The van der Waals surface area contributed by atoms with Crippen molar-refractivity contribution >= 4 is 49.9 Å². The minimum absolute atomic E-state index is 0.0754. The van der Waals surface area contributed by atoms with E-state index in [2.05, 4.69) is 38.8 Å². The molecule has 6 nitrogen and oxygen atoms in total. The number of hydrazone groups is 1. The normalized spacial score (nSPS) is 16.2. The van der Waals surface area contributed by atoms with Crippen LogP contribution in [0.25, 0.3) is 10.9 Å². The van der Waals surface area contributed by atoms with E-state index in [1.807, 2.05) is 31.3 Å². The third-order valence-electron chi connectivity index (χ3n) is 5.19. The van der Waals surface area contributed by atoms with Crippen molar-refractivity contribution < 1.29 is 9.47 Å². The van der Waals surface area contributed by atoms with Crippen LogP contribution in [0.2, 0.25) is 0 Å². The zero-order chi connectivity index (χ0) is 20.7. The van der Waals surface area contributed by atoms with Crippen molar-refractivity contribution in [1.82, 2.24) is 9.58 Å². The average molecular weight is 473 g/mol. The van der Waals surface area contributed by atoms with Crippen molar-refractivity contribution in [2.45, 2.75) is 12.5 Å². The van der Waals surface area contributed by atoms with Crippen LogP contribution in [0.15, 0.2) is 52.2 Å². The molecule has 1 aliphatic heterocycles. The second-order valence-electron chi connectivity index (χ2n) is 6.88. The SMILES string of the molecule is COc1ccc(C2=NN(C(N)=S)C(c3cn(C)c4ccc(Br)cc34)C2)cc1OC. The van der Waals surface area contributed by atoms with Gasteiger partial charge in [0.15, 0.2) is 16.6 Å². The van der Waals surface area contributed by atoms with Crippen LogP contribution in [0, 0.1) is 0 Å². The van der Waals surface area contributed by atoms with Gasteiger partial charge in [0.2, 0.25) is 0 Å². The molecule has 2 heterocycles. The summed E-state index contributed by atoms with van der Waals surface area (Å²) in [5.41, 5.74) is 10.2. The lowest BCUT2D eigenvalue weighted by Gasteiger charge is -2.21. The number of methoxy groups -OCH3 is 2. The van der Waals surface area contributed by atoms with Gasteiger partial charge in [-0.05, 0) is 48.6 Å². The second kappa shape index (κ2) is 7.68. The van der Waals surface area contributed by atoms with Gasteiger partial charge in [0, 0.05) is 46.2 Å². The zero-order valence-corrected chi connectivity index (χ0v) is 18.8. The van der Waals surface area contributed by atoms with E-state index in [0.717, 1.165) is 32.2 Å². The highest BCUT2D eigenvalue weighted by atomic mass is 79.9. The van der Waals surface area contributed by atoms with Crippen LogP contribution in [-0.4, -0.2) is 34.6 Å². The number of aryl methyl sites for hydroxylation is 1. The Hall–Kier alpha value is -2.58. The molecule has 1 aliphatic rings. The number of thiocarbonyl (C=S) groups is 1. The highest BCUT2D eigenvalue weighted by molar-refractivity contribution is 9.10. The molecule has 4 rings (SSSR count). The quantitative estimate of drug-likeness (QED) is 0.571. The Labute approximate surface area is 183 Å². The van der Waals surface area contributed by atoms with E-state index in [-0.39, 0.29) is 11.2 Å². The Morgan fingerprint density at radius 3 is 2.62 bits per heavy atom. The molecular formula is C21H21BrN4O2S. The van der Waals surface area contributed by atoms with Crippen molar-refractivity contribution in [1.29, 1.82) is 0 Å². The Morgan fingerprint density at radius 1 is 1.17 bits per heavy atom. The van der Waals surface area contributed by atoms with E-state index >= 15 is 0 Å². The smallest absolute Gasteiger partial charge is 0.187 e. The van der Waals surface area contributed by atoms with Crippen LogP contribution >= 0.6 is 28.1 Å². The van der Waals surface area contributed by atoms with Crippen LogP contribution in [0.3, 0.4) is 0 Å². The summed E-state index contributed by atoms with van der Waals surface area (Å²) in [5.74, 6) is 1.34. The lowest BCUT2D eigenvalue weighted by atomic mass is 9.98. The molecule has 0 saturated carbocycles. The van der Waals surface area contributed by atoms with Gasteiger partial charge in [0.1, 0.15) is 0 Å². The highest BCUT2D eigenvalue weighted by Gasteiger charge is 2.33. The molecule has 1 unspecified atom stereocenters.